The topological polar surface area (TPSA) is 81.5 Å². The molecule has 0 saturated heterocycles. The molecule has 0 aliphatic rings. The van der Waals surface area contributed by atoms with Crippen LogP contribution in [0, 0.1) is 0 Å². The molecule has 6 nitrogen and oxygen atoms in total. The van der Waals surface area contributed by atoms with E-state index in [9.17, 15) is 18.0 Å². The molecule has 1 heterocycles. The number of carboxylic acids is 1. The fourth-order valence-corrected chi connectivity index (χ4v) is 2.07. The van der Waals surface area contributed by atoms with E-state index in [2.05, 4.69) is 9.97 Å². The maximum absolute atomic E-state index is 13.0. The zero-order valence-corrected chi connectivity index (χ0v) is 14.1. The summed E-state index contributed by atoms with van der Waals surface area (Å²) >= 11 is 0. The Kier molecular flexibility index (Phi) is 6.01. The number of carboxylic acid groups (broad SMARTS) is 1. The van der Waals surface area contributed by atoms with Crippen LogP contribution in [0.3, 0.4) is 0 Å². The van der Waals surface area contributed by atoms with Gasteiger partial charge in [0.2, 0.25) is 5.88 Å². The number of alkyl halides is 3. The van der Waals surface area contributed by atoms with Crippen molar-refractivity contribution < 1.29 is 32.5 Å². The number of rotatable bonds is 7. The Morgan fingerprint density at radius 3 is 2.42 bits per heavy atom. The lowest BCUT2D eigenvalue weighted by Gasteiger charge is -2.14. The number of halogens is 3. The molecule has 0 aliphatic heterocycles. The highest BCUT2D eigenvalue weighted by atomic mass is 19.4. The average Bonchev–Trinajstić information content (AvgIpc) is 2.52. The van der Waals surface area contributed by atoms with Gasteiger partial charge in [0.25, 0.3) is 0 Å². The number of ether oxygens (including phenoxy) is 2. The minimum absolute atomic E-state index is 0.140. The van der Waals surface area contributed by atoms with Crippen LogP contribution in [0.15, 0.2) is 30.3 Å². The van der Waals surface area contributed by atoms with Crippen LogP contribution in [0.2, 0.25) is 0 Å². The zero-order chi connectivity index (χ0) is 19.3. The molecular formula is C17H17F3N2O4. The highest BCUT2D eigenvalue weighted by molar-refractivity contribution is 5.70. The highest BCUT2D eigenvalue weighted by Crippen LogP contribution is 2.31. The molecule has 0 amide bonds. The number of nitrogens with zero attached hydrogens (tertiary/aromatic N) is 2. The molecule has 0 unspecified atom stereocenters. The quantitative estimate of drug-likeness (QED) is 0.804. The van der Waals surface area contributed by atoms with Gasteiger partial charge in [-0.3, -0.25) is 4.79 Å². The third-order valence-electron chi connectivity index (χ3n) is 3.15. The normalized spacial score (nSPS) is 11.5. The van der Waals surface area contributed by atoms with Crippen LogP contribution in [0.4, 0.5) is 13.2 Å². The van der Waals surface area contributed by atoms with Crippen molar-refractivity contribution >= 4 is 5.97 Å². The van der Waals surface area contributed by atoms with Gasteiger partial charge in [-0.2, -0.15) is 23.1 Å². The molecule has 2 aromatic rings. The number of benzene rings is 1. The van der Waals surface area contributed by atoms with E-state index in [1.165, 1.54) is 0 Å². The molecule has 0 saturated carbocycles. The summed E-state index contributed by atoms with van der Waals surface area (Å²) in [6, 6.07) is 6.83. The molecule has 0 spiro atoms. The smallest absolute Gasteiger partial charge is 0.433 e. The molecule has 0 fully saturated rings. The van der Waals surface area contributed by atoms with Gasteiger partial charge in [-0.25, -0.2) is 0 Å². The van der Waals surface area contributed by atoms with Gasteiger partial charge in [0.1, 0.15) is 6.61 Å². The molecule has 1 aromatic heterocycles. The van der Waals surface area contributed by atoms with Crippen molar-refractivity contribution in [2.75, 3.05) is 0 Å². The van der Waals surface area contributed by atoms with Gasteiger partial charge in [-0.1, -0.05) is 24.3 Å². The van der Waals surface area contributed by atoms with E-state index in [0.717, 1.165) is 0 Å². The number of aromatic nitrogens is 2. The standard InChI is InChI=1S/C17H17F3N2O4/c1-10(2)26-16-21-13(17(18,19)20)8-14(22-16)25-9-12-6-4-3-5-11(12)7-15(23)24/h3-6,8,10H,7,9H2,1-2H3,(H,23,24). The second-order valence-corrected chi connectivity index (χ2v) is 5.67. The SMILES string of the molecule is CC(C)Oc1nc(OCc2ccccc2CC(=O)O)cc(C(F)(F)F)n1. The van der Waals surface area contributed by atoms with Crippen LogP contribution >= 0.6 is 0 Å². The van der Waals surface area contributed by atoms with Crippen molar-refractivity contribution in [3.63, 3.8) is 0 Å². The maximum Gasteiger partial charge on any atom is 0.433 e. The molecule has 0 bridgehead atoms. The predicted octanol–water partition coefficient (Wildman–Crippen LogP) is 3.49. The van der Waals surface area contributed by atoms with Gasteiger partial charge in [0, 0.05) is 6.07 Å². The van der Waals surface area contributed by atoms with Crippen LogP contribution in [-0.4, -0.2) is 27.1 Å². The summed E-state index contributed by atoms with van der Waals surface area (Å²) in [6.07, 6.45) is -5.32. The molecule has 2 rings (SSSR count). The monoisotopic (exact) mass is 370 g/mol. The Balaban J connectivity index is 2.25. The minimum Gasteiger partial charge on any atom is -0.481 e. The first-order valence-corrected chi connectivity index (χ1v) is 7.69. The first-order chi connectivity index (χ1) is 12.1. The number of carbonyl (C=O) groups is 1. The van der Waals surface area contributed by atoms with E-state index in [1.807, 2.05) is 0 Å². The Bertz CT molecular complexity index is 779. The second-order valence-electron chi connectivity index (χ2n) is 5.67. The van der Waals surface area contributed by atoms with Gasteiger partial charge in [-0.05, 0) is 25.0 Å². The number of hydrogen-bond donors (Lipinski definition) is 1. The molecule has 1 N–H and O–H groups in total. The lowest BCUT2D eigenvalue weighted by Crippen LogP contribution is -2.14. The molecule has 26 heavy (non-hydrogen) atoms. The van der Waals surface area contributed by atoms with E-state index in [4.69, 9.17) is 14.6 Å². The first-order valence-electron chi connectivity index (χ1n) is 7.69. The molecule has 0 atom stereocenters. The number of aliphatic carboxylic acids is 1. The van der Waals surface area contributed by atoms with E-state index < -0.39 is 30.0 Å². The fraction of sp³-hybridized carbons (Fsp3) is 0.353. The molecule has 9 heteroatoms. The Hall–Kier alpha value is -2.84. The average molecular weight is 370 g/mol. The lowest BCUT2D eigenvalue weighted by molar-refractivity contribution is -0.141. The summed E-state index contributed by atoms with van der Waals surface area (Å²) in [5.41, 5.74) is -0.144. The van der Waals surface area contributed by atoms with Crippen LogP contribution in [0.25, 0.3) is 0 Å². The second kappa shape index (κ2) is 8.03. The highest BCUT2D eigenvalue weighted by Gasteiger charge is 2.34. The summed E-state index contributed by atoms with van der Waals surface area (Å²) in [4.78, 5) is 18.1. The van der Waals surface area contributed by atoms with E-state index >= 15 is 0 Å². The van der Waals surface area contributed by atoms with Crippen LogP contribution in [0.5, 0.6) is 11.9 Å². The summed E-state index contributed by atoms with van der Waals surface area (Å²) < 4.78 is 49.5. The lowest BCUT2D eigenvalue weighted by atomic mass is 10.1. The van der Waals surface area contributed by atoms with E-state index in [0.29, 0.717) is 17.2 Å². The van der Waals surface area contributed by atoms with Gasteiger partial charge in [0.05, 0.1) is 12.5 Å². The van der Waals surface area contributed by atoms with Crippen molar-refractivity contribution in [1.82, 2.24) is 9.97 Å². The van der Waals surface area contributed by atoms with Crippen molar-refractivity contribution in [2.45, 2.75) is 39.2 Å². The molecule has 0 aliphatic carbocycles. The van der Waals surface area contributed by atoms with Gasteiger partial charge >= 0.3 is 18.2 Å². The molecular weight excluding hydrogens is 353 g/mol. The maximum atomic E-state index is 13.0. The molecule has 1 aromatic carbocycles. The van der Waals surface area contributed by atoms with Gasteiger partial charge < -0.3 is 14.6 Å². The van der Waals surface area contributed by atoms with Crippen molar-refractivity contribution in [1.29, 1.82) is 0 Å². The fourth-order valence-electron chi connectivity index (χ4n) is 2.07. The van der Waals surface area contributed by atoms with Gasteiger partial charge in [0.15, 0.2) is 5.69 Å². The van der Waals surface area contributed by atoms with Crippen molar-refractivity contribution in [3.05, 3.63) is 47.2 Å². The van der Waals surface area contributed by atoms with E-state index in [-0.39, 0.29) is 18.9 Å². The Labute approximate surface area is 147 Å². The summed E-state index contributed by atoms with van der Waals surface area (Å²) in [5, 5.41) is 8.92. The Morgan fingerprint density at radius 2 is 1.85 bits per heavy atom. The number of hydrogen-bond acceptors (Lipinski definition) is 5. The Morgan fingerprint density at radius 1 is 1.19 bits per heavy atom. The summed E-state index contributed by atoms with van der Waals surface area (Å²) in [5.74, 6) is -1.33. The third kappa shape index (κ3) is 5.61. The van der Waals surface area contributed by atoms with E-state index in [1.54, 1.807) is 38.1 Å². The van der Waals surface area contributed by atoms with Crippen molar-refractivity contribution in [2.24, 2.45) is 0 Å². The summed E-state index contributed by atoms with van der Waals surface area (Å²) in [6.45, 7) is 3.12. The minimum atomic E-state index is -4.68. The third-order valence-corrected chi connectivity index (χ3v) is 3.15. The molecule has 0 radical (unpaired) electrons. The van der Waals surface area contributed by atoms with Crippen molar-refractivity contribution in [3.8, 4) is 11.9 Å². The van der Waals surface area contributed by atoms with Crippen LogP contribution < -0.4 is 9.47 Å². The first kappa shape index (κ1) is 19.5. The predicted molar refractivity (Wildman–Crippen MR) is 84.9 cm³/mol. The van der Waals surface area contributed by atoms with Gasteiger partial charge in [-0.15, -0.1) is 0 Å². The zero-order valence-electron chi connectivity index (χ0n) is 14.1. The van der Waals surface area contributed by atoms with Crippen LogP contribution in [-0.2, 0) is 24.0 Å². The largest absolute Gasteiger partial charge is 0.481 e. The molecule has 140 valence electrons. The van der Waals surface area contributed by atoms with Crippen LogP contribution in [0.1, 0.15) is 30.7 Å². The summed E-state index contributed by atoms with van der Waals surface area (Å²) in [7, 11) is 0.